The zero-order valence-electron chi connectivity index (χ0n) is 15.4. The van der Waals surface area contributed by atoms with E-state index < -0.39 is 10.0 Å². The lowest BCUT2D eigenvalue weighted by molar-refractivity contribution is 0.0641. The van der Waals surface area contributed by atoms with E-state index in [0.717, 1.165) is 6.26 Å². The Bertz CT molecular complexity index is 737. The van der Waals surface area contributed by atoms with Crippen LogP contribution in [0.2, 0.25) is 0 Å². The normalized spacial score (nSPS) is 14.9. The summed E-state index contributed by atoms with van der Waals surface area (Å²) in [6.45, 7) is 7.21. The molecule has 3 amide bonds. The maximum Gasteiger partial charge on any atom is 0.320 e. The molecule has 0 aliphatic carbocycles. The SMILES string of the molecule is CCN(CC)C(=O)N1CCN(C(=O)c2ccc(NS(C)(=O)=O)cc2)CC1. The third-order valence-corrected chi connectivity index (χ3v) is 4.91. The number of benzene rings is 1. The number of rotatable bonds is 5. The van der Waals surface area contributed by atoms with Gasteiger partial charge in [0.05, 0.1) is 6.26 Å². The molecule has 1 saturated heterocycles. The molecular formula is C17H26N4O4S. The number of hydrogen-bond donors (Lipinski definition) is 1. The molecule has 0 radical (unpaired) electrons. The summed E-state index contributed by atoms with van der Waals surface area (Å²) in [4.78, 5) is 30.2. The lowest BCUT2D eigenvalue weighted by Crippen LogP contribution is -2.54. The molecule has 1 fully saturated rings. The first-order chi connectivity index (χ1) is 12.2. The van der Waals surface area contributed by atoms with Gasteiger partial charge in [-0.3, -0.25) is 9.52 Å². The maximum atomic E-state index is 12.6. The Kier molecular flexibility index (Phi) is 6.47. The van der Waals surface area contributed by atoms with Crippen molar-refractivity contribution in [2.75, 3.05) is 50.2 Å². The Balaban J connectivity index is 1.95. The van der Waals surface area contributed by atoms with Gasteiger partial charge in [0.2, 0.25) is 10.0 Å². The molecule has 0 saturated carbocycles. The van der Waals surface area contributed by atoms with Crippen LogP contribution in [0.1, 0.15) is 24.2 Å². The molecule has 2 rings (SSSR count). The largest absolute Gasteiger partial charge is 0.335 e. The average molecular weight is 382 g/mol. The van der Waals surface area contributed by atoms with E-state index in [9.17, 15) is 18.0 Å². The molecule has 1 N–H and O–H groups in total. The van der Waals surface area contributed by atoms with E-state index in [1.807, 2.05) is 13.8 Å². The molecule has 0 spiro atoms. The fraction of sp³-hybridized carbons (Fsp3) is 0.529. The Morgan fingerprint density at radius 2 is 1.50 bits per heavy atom. The predicted molar refractivity (Wildman–Crippen MR) is 101 cm³/mol. The Labute approximate surface area is 154 Å². The van der Waals surface area contributed by atoms with Crippen LogP contribution in [0.3, 0.4) is 0 Å². The number of anilines is 1. The second-order valence-electron chi connectivity index (χ2n) is 6.19. The molecule has 144 valence electrons. The Morgan fingerprint density at radius 1 is 1.00 bits per heavy atom. The quantitative estimate of drug-likeness (QED) is 0.831. The summed E-state index contributed by atoms with van der Waals surface area (Å²) in [6, 6.07) is 6.34. The molecule has 1 aliphatic heterocycles. The average Bonchev–Trinajstić information content (AvgIpc) is 2.61. The Hall–Kier alpha value is -2.29. The van der Waals surface area contributed by atoms with Crippen molar-refractivity contribution in [1.82, 2.24) is 14.7 Å². The van der Waals surface area contributed by atoms with Crippen LogP contribution in [0, 0.1) is 0 Å². The lowest BCUT2D eigenvalue weighted by Gasteiger charge is -2.37. The number of nitrogens with zero attached hydrogens (tertiary/aromatic N) is 3. The molecule has 0 aromatic heterocycles. The molecule has 1 heterocycles. The van der Waals surface area contributed by atoms with Crippen molar-refractivity contribution in [3.63, 3.8) is 0 Å². The van der Waals surface area contributed by atoms with Gasteiger partial charge >= 0.3 is 6.03 Å². The van der Waals surface area contributed by atoms with Gasteiger partial charge < -0.3 is 14.7 Å². The van der Waals surface area contributed by atoms with Gasteiger partial charge in [0.15, 0.2) is 0 Å². The van der Waals surface area contributed by atoms with Crippen LogP contribution >= 0.6 is 0 Å². The fourth-order valence-corrected chi connectivity index (χ4v) is 3.44. The highest BCUT2D eigenvalue weighted by atomic mass is 32.2. The van der Waals surface area contributed by atoms with E-state index in [1.54, 1.807) is 39.0 Å². The van der Waals surface area contributed by atoms with Gasteiger partial charge in [-0.25, -0.2) is 13.2 Å². The van der Waals surface area contributed by atoms with E-state index in [1.165, 1.54) is 0 Å². The number of nitrogens with one attached hydrogen (secondary N) is 1. The fourth-order valence-electron chi connectivity index (χ4n) is 2.87. The first kappa shape index (κ1) is 20.0. The van der Waals surface area contributed by atoms with Crippen LogP contribution in [0.5, 0.6) is 0 Å². The number of hydrogen-bond acceptors (Lipinski definition) is 4. The van der Waals surface area contributed by atoms with E-state index >= 15 is 0 Å². The van der Waals surface area contributed by atoms with Crippen LogP contribution in [-0.2, 0) is 10.0 Å². The number of sulfonamides is 1. The monoisotopic (exact) mass is 382 g/mol. The minimum atomic E-state index is -3.34. The summed E-state index contributed by atoms with van der Waals surface area (Å²) < 4.78 is 24.8. The third kappa shape index (κ3) is 5.10. The first-order valence-corrected chi connectivity index (χ1v) is 10.5. The van der Waals surface area contributed by atoms with Gasteiger partial charge in [-0.15, -0.1) is 0 Å². The number of piperazine rings is 1. The predicted octanol–water partition coefficient (Wildman–Crippen LogP) is 1.28. The first-order valence-electron chi connectivity index (χ1n) is 8.66. The van der Waals surface area contributed by atoms with Crippen LogP contribution in [0.4, 0.5) is 10.5 Å². The van der Waals surface area contributed by atoms with E-state index in [-0.39, 0.29) is 11.9 Å². The lowest BCUT2D eigenvalue weighted by atomic mass is 10.1. The molecule has 1 aromatic rings. The topological polar surface area (TPSA) is 90.0 Å². The highest BCUT2D eigenvalue weighted by Crippen LogP contribution is 2.14. The van der Waals surface area contributed by atoms with Crippen LogP contribution in [-0.4, -0.2) is 80.6 Å². The summed E-state index contributed by atoms with van der Waals surface area (Å²) in [7, 11) is -3.34. The number of amides is 3. The number of carbonyl (C=O) groups excluding carboxylic acids is 2. The molecule has 0 atom stereocenters. The minimum absolute atomic E-state index is 0.0123. The van der Waals surface area contributed by atoms with Crippen molar-refractivity contribution in [3.8, 4) is 0 Å². The van der Waals surface area contributed by atoms with Crippen LogP contribution in [0.15, 0.2) is 24.3 Å². The van der Waals surface area contributed by atoms with Gasteiger partial charge in [-0.1, -0.05) is 0 Å². The van der Waals surface area contributed by atoms with Gasteiger partial charge in [0.1, 0.15) is 0 Å². The van der Waals surface area contributed by atoms with E-state index in [0.29, 0.717) is 50.5 Å². The molecule has 0 unspecified atom stereocenters. The maximum absolute atomic E-state index is 12.6. The molecular weight excluding hydrogens is 356 g/mol. The number of urea groups is 1. The second-order valence-corrected chi connectivity index (χ2v) is 7.93. The summed E-state index contributed by atoms with van der Waals surface area (Å²) in [5, 5.41) is 0. The van der Waals surface area contributed by atoms with Gasteiger partial charge in [0.25, 0.3) is 5.91 Å². The zero-order chi connectivity index (χ0) is 19.3. The second kappa shape index (κ2) is 8.39. The third-order valence-electron chi connectivity index (χ3n) is 4.31. The molecule has 8 nitrogen and oxygen atoms in total. The molecule has 1 aromatic carbocycles. The van der Waals surface area contributed by atoms with Crippen molar-refractivity contribution in [2.45, 2.75) is 13.8 Å². The smallest absolute Gasteiger partial charge is 0.320 e. The van der Waals surface area contributed by atoms with Gasteiger partial charge in [-0.2, -0.15) is 0 Å². The van der Waals surface area contributed by atoms with Crippen molar-refractivity contribution >= 4 is 27.6 Å². The highest BCUT2D eigenvalue weighted by molar-refractivity contribution is 7.92. The van der Waals surface area contributed by atoms with Crippen molar-refractivity contribution in [3.05, 3.63) is 29.8 Å². The van der Waals surface area contributed by atoms with Crippen LogP contribution < -0.4 is 4.72 Å². The molecule has 9 heteroatoms. The van der Waals surface area contributed by atoms with Gasteiger partial charge in [-0.05, 0) is 38.1 Å². The zero-order valence-corrected chi connectivity index (χ0v) is 16.3. The molecule has 26 heavy (non-hydrogen) atoms. The Morgan fingerprint density at radius 3 is 1.96 bits per heavy atom. The summed E-state index contributed by atoms with van der Waals surface area (Å²) in [5.74, 6) is -0.120. The summed E-state index contributed by atoms with van der Waals surface area (Å²) >= 11 is 0. The molecule has 0 bridgehead atoms. The standard InChI is InChI=1S/C17H26N4O4S/c1-4-19(5-2)17(23)21-12-10-20(11-13-21)16(22)14-6-8-15(9-7-14)18-26(3,24)25/h6-9,18H,4-5,10-13H2,1-3H3. The molecule has 1 aliphatic rings. The van der Waals surface area contributed by atoms with Gasteiger partial charge in [0, 0.05) is 50.5 Å². The van der Waals surface area contributed by atoms with Crippen molar-refractivity contribution in [1.29, 1.82) is 0 Å². The minimum Gasteiger partial charge on any atom is -0.335 e. The van der Waals surface area contributed by atoms with Crippen molar-refractivity contribution < 1.29 is 18.0 Å². The van der Waals surface area contributed by atoms with E-state index in [4.69, 9.17) is 0 Å². The van der Waals surface area contributed by atoms with Crippen LogP contribution in [0.25, 0.3) is 0 Å². The summed E-state index contributed by atoms with van der Waals surface area (Å²) in [6.07, 6.45) is 1.07. The van der Waals surface area contributed by atoms with Crippen molar-refractivity contribution in [2.24, 2.45) is 0 Å². The van der Waals surface area contributed by atoms with E-state index in [2.05, 4.69) is 4.72 Å². The number of carbonyl (C=O) groups is 2. The highest BCUT2D eigenvalue weighted by Gasteiger charge is 2.26. The summed E-state index contributed by atoms with van der Waals surface area (Å²) in [5.41, 5.74) is 0.909.